The van der Waals surface area contributed by atoms with Gasteiger partial charge in [0.15, 0.2) is 17.0 Å². The molecule has 6 rings (SSSR count). The van der Waals surface area contributed by atoms with Gasteiger partial charge in [0.2, 0.25) is 5.91 Å². The van der Waals surface area contributed by atoms with Crippen molar-refractivity contribution in [3.05, 3.63) is 94.0 Å². The molecule has 4 aromatic rings. The average molecular weight is 513 g/mol. The maximum Gasteiger partial charge on any atom is 0.271 e. The van der Waals surface area contributed by atoms with Crippen molar-refractivity contribution in [1.82, 2.24) is 9.97 Å². The Balaban J connectivity index is 1.56. The van der Waals surface area contributed by atoms with Crippen LogP contribution in [0.2, 0.25) is 5.02 Å². The highest BCUT2D eigenvalue weighted by Gasteiger charge is 2.78. The summed E-state index contributed by atoms with van der Waals surface area (Å²) in [5.74, 6) is -6.40. The van der Waals surface area contributed by atoms with Crippen LogP contribution in [0.1, 0.15) is 33.7 Å². The minimum atomic E-state index is -3.34. The molecule has 4 N–H and O–H groups in total. The maximum atomic E-state index is 15.1. The molecule has 1 saturated carbocycles. The van der Waals surface area contributed by atoms with Gasteiger partial charge in [-0.25, -0.2) is 18.2 Å². The predicted molar refractivity (Wildman–Crippen MR) is 124 cm³/mol. The summed E-state index contributed by atoms with van der Waals surface area (Å²) in [6.07, 6.45) is -0.768. The third-order valence-electron chi connectivity index (χ3n) is 6.93. The quantitative estimate of drug-likeness (QED) is 0.384. The normalized spacial score (nSPS) is 24.2. The number of H-pyrrole nitrogens is 1. The number of benzene rings is 3. The molecule has 182 valence electrons. The number of imidazole rings is 1. The highest BCUT2D eigenvalue weighted by Crippen LogP contribution is 2.60. The van der Waals surface area contributed by atoms with Crippen LogP contribution in [0.25, 0.3) is 11.0 Å². The number of carbonyl (C=O) groups excluding carboxylic acids is 2. The number of nitrogens with two attached hydrogens (primary N) is 1. The van der Waals surface area contributed by atoms with E-state index in [0.29, 0.717) is 0 Å². The van der Waals surface area contributed by atoms with Crippen molar-refractivity contribution >= 4 is 40.1 Å². The van der Waals surface area contributed by atoms with Crippen LogP contribution in [0.15, 0.2) is 60.7 Å². The summed E-state index contributed by atoms with van der Waals surface area (Å²) in [6.45, 7) is 0. The van der Waals surface area contributed by atoms with Crippen molar-refractivity contribution in [2.24, 2.45) is 5.73 Å². The number of fused-ring (bicyclic) bond motifs is 2. The number of alkyl halides is 2. The predicted octanol–water partition coefficient (Wildman–Crippen LogP) is 3.97. The minimum absolute atomic E-state index is 0.124. The fraction of sp³-hybridized carbons (Fsp3) is 0.160. The Morgan fingerprint density at radius 1 is 1.14 bits per heavy atom. The van der Waals surface area contributed by atoms with E-state index in [4.69, 9.17) is 17.3 Å². The maximum absolute atomic E-state index is 15.1. The number of amides is 2. The van der Waals surface area contributed by atoms with Crippen molar-refractivity contribution in [2.75, 3.05) is 4.90 Å². The second-order valence-electron chi connectivity index (χ2n) is 8.90. The number of aromatic amines is 1. The van der Waals surface area contributed by atoms with Crippen molar-refractivity contribution < 1.29 is 27.9 Å². The molecule has 1 aliphatic carbocycles. The summed E-state index contributed by atoms with van der Waals surface area (Å²) in [6, 6.07) is 14.6. The molecule has 0 spiro atoms. The number of aliphatic hydroxyl groups is 1. The van der Waals surface area contributed by atoms with Crippen molar-refractivity contribution in [3.63, 3.8) is 0 Å². The average Bonchev–Trinajstić information content (AvgIpc) is 3.12. The molecule has 36 heavy (non-hydrogen) atoms. The first-order valence-corrected chi connectivity index (χ1v) is 11.2. The molecule has 0 bridgehead atoms. The summed E-state index contributed by atoms with van der Waals surface area (Å²) in [4.78, 5) is 33.1. The highest BCUT2D eigenvalue weighted by atomic mass is 35.5. The Bertz CT molecular complexity index is 1620. The van der Waals surface area contributed by atoms with Crippen LogP contribution >= 0.6 is 11.6 Å². The van der Waals surface area contributed by atoms with Gasteiger partial charge in [-0.05, 0) is 30.3 Å². The summed E-state index contributed by atoms with van der Waals surface area (Å²) in [7, 11) is 0. The smallest absolute Gasteiger partial charge is 0.271 e. The van der Waals surface area contributed by atoms with Gasteiger partial charge >= 0.3 is 0 Å². The lowest BCUT2D eigenvalue weighted by Crippen LogP contribution is -2.45. The standard InChI is InChI=1S/C25H16ClF3N4O3/c26-15-6-3-7-18(19(15)27)33-20(34)13-4-1-2-5-14(13)25(33,36)12-8-9-16-17(10-12)32-22(31-16)23(21(30)35)11-24(23,28)29/h1-10,36H,11H2,(H2,30,35)(H,31,32). The Hall–Kier alpha value is -3.89. The molecule has 1 aromatic heterocycles. The van der Waals surface area contributed by atoms with Crippen LogP contribution in [-0.4, -0.2) is 32.8 Å². The molecule has 2 unspecified atom stereocenters. The number of aromatic nitrogens is 2. The molecule has 3 aromatic carbocycles. The second-order valence-corrected chi connectivity index (χ2v) is 9.31. The first-order valence-electron chi connectivity index (χ1n) is 10.8. The van der Waals surface area contributed by atoms with Crippen LogP contribution in [-0.2, 0) is 15.9 Å². The van der Waals surface area contributed by atoms with E-state index in [9.17, 15) is 23.5 Å². The molecule has 2 amide bonds. The van der Waals surface area contributed by atoms with Crippen LogP contribution in [0, 0.1) is 5.82 Å². The molecule has 1 fully saturated rings. The van der Waals surface area contributed by atoms with Gasteiger partial charge in [0.1, 0.15) is 5.82 Å². The first kappa shape index (κ1) is 22.6. The van der Waals surface area contributed by atoms with Gasteiger partial charge in [-0.15, -0.1) is 0 Å². The molecule has 0 saturated heterocycles. The van der Waals surface area contributed by atoms with E-state index in [0.717, 1.165) is 4.90 Å². The van der Waals surface area contributed by atoms with Crippen LogP contribution in [0.3, 0.4) is 0 Å². The Labute approximate surface area is 206 Å². The van der Waals surface area contributed by atoms with E-state index in [1.165, 1.54) is 48.5 Å². The van der Waals surface area contributed by atoms with E-state index in [1.807, 2.05) is 0 Å². The molecule has 2 aliphatic rings. The zero-order valence-electron chi connectivity index (χ0n) is 18.2. The number of hydrogen-bond acceptors (Lipinski definition) is 4. The van der Waals surface area contributed by atoms with Crippen LogP contribution in [0.5, 0.6) is 0 Å². The zero-order valence-corrected chi connectivity index (χ0v) is 19.0. The SMILES string of the molecule is NC(=O)C1(c2nc3ccc(C4(O)c5ccccc5C(=O)N4c4cccc(Cl)c4F)cc3[nH]2)CC1(F)F. The Morgan fingerprint density at radius 3 is 2.56 bits per heavy atom. The van der Waals surface area contributed by atoms with E-state index in [-0.39, 0.29) is 44.3 Å². The zero-order chi connectivity index (χ0) is 25.6. The third-order valence-corrected chi connectivity index (χ3v) is 7.22. The number of rotatable bonds is 4. The van der Waals surface area contributed by atoms with Gasteiger partial charge in [-0.1, -0.05) is 41.9 Å². The van der Waals surface area contributed by atoms with Crippen LogP contribution < -0.4 is 10.6 Å². The summed E-state index contributed by atoms with van der Waals surface area (Å²) < 4.78 is 43.3. The highest BCUT2D eigenvalue weighted by molar-refractivity contribution is 6.31. The van der Waals surface area contributed by atoms with Gasteiger partial charge in [0.05, 0.1) is 21.7 Å². The number of hydrogen-bond donors (Lipinski definition) is 3. The van der Waals surface area contributed by atoms with Crippen molar-refractivity contribution in [1.29, 1.82) is 0 Å². The monoisotopic (exact) mass is 512 g/mol. The number of nitrogens with zero attached hydrogens (tertiary/aromatic N) is 2. The van der Waals surface area contributed by atoms with Crippen LogP contribution in [0.4, 0.5) is 18.9 Å². The summed E-state index contributed by atoms with van der Waals surface area (Å²) >= 11 is 5.96. The first-order chi connectivity index (χ1) is 17.0. The molecule has 0 radical (unpaired) electrons. The number of nitrogens with one attached hydrogen (secondary N) is 1. The molecular weight excluding hydrogens is 497 g/mol. The number of primary amides is 1. The van der Waals surface area contributed by atoms with E-state index < -0.39 is 41.1 Å². The number of carbonyl (C=O) groups is 2. The second kappa shape index (κ2) is 7.08. The van der Waals surface area contributed by atoms with Gasteiger partial charge < -0.3 is 15.8 Å². The van der Waals surface area contributed by atoms with E-state index in [1.54, 1.807) is 12.1 Å². The largest absolute Gasteiger partial charge is 0.369 e. The van der Waals surface area contributed by atoms with Gasteiger partial charge in [0.25, 0.3) is 11.8 Å². The minimum Gasteiger partial charge on any atom is -0.369 e. The lowest BCUT2D eigenvalue weighted by Gasteiger charge is -2.35. The fourth-order valence-electron chi connectivity index (χ4n) is 4.95. The molecular formula is C25H16ClF3N4O3. The fourth-order valence-corrected chi connectivity index (χ4v) is 5.12. The van der Waals surface area contributed by atoms with E-state index in [2.05, 4.69) is 9.97 Å². The Kier molecular flexibility index (Phi) is 4.44. The Morgan fingerprint density at radius 2 is 1.86 bits per heavy atom. The summed E-state index contributed by atoms with van der Waals surface area (Å²) in [5, 5.41) is 11.8. The number of halogens is 4. The van der Waals surface area contributed by atoms with Gasteiger partial charge in [-0.2, -0.15) is 0 Å². The van der Waals surface area contributed by atoms with Crippen molar-refractivity contribution in [3.8, 4) is 0 Å². The van der Waals surface area contributed by atoms with Crippen molar-refractivity contribution in [2.45, 2.75) is 23.5 Å². The third kappa shape index (κ3) is 2.71. The lowest BCUT2D eigenvalue weighted by atomic mass is 9.93. The molecule has 1 aliphatic heterocycles. The molecule has 11 heteroatoms. The number of anilines is 1. The van der Waals surface area contributed by atoms with Gasteiger partial charge in [0, 0.05) is 23.1 Å². The molecule has 7 nitrogen and oxygen atoms in total. The topological polar surface area (TPSA) is 112 Å². The lowest BCUT2D eigenvalue weighted by molar-refractivity contribution is -0.123. The molecule has 2 heterocycles. The van der Waals surface area contributed by atoms with E-state index >= 15 is 4.39 Å². The molecule has 2 atom stereocenters. The van der Waals surface area contributed by atoms with Gasteiger partial charge in [-0.3, -0.25) is 14.5 Å². The summed E-state index contributed by atoms with van der Waals surface area (Å²) in [5.41, 5.74) is 1.52.